The third-order valence-corrected chi connectivity index (χ3v) is 3.97. The van der Waals surface area contributed by atoms with Crippen LogP contribution in [0.25, 0.3) is 0 Å². The van der Waals surface area contributed by atoms with Gasteiger partial charge in [-0.2, -0.15) is 5.10 Å². The van der Waals surface area contributed by atoms with Gasteiger partial charge in [-0.25, -0.2) is 4.79 Å². The topological polar surface area (TPSA) is 84.2 Å². The Bertz CT molecular complexity index is 695. The summed E-state index contributed by atoms with van der Waals surface area (Å²) in [7, 11) is 0. The SMILES string of the molecule is CCCC[C@H](NC(=O)c1cnn(Cc2ccccc2)c1C)C(=O)O. The van der Waals surface area contributed by atoms with Crippen molar-refractivity contribution in [3.8, 4) is 0 Å². The van der Waals surface area contributed by atoms with Crippen molar-refractivity contribution in [2.75, 3.05) is 0 Å². The van der Waals surface area contributed by atoms with Crippen molar-refractivity contribution in [2.45, 2.75) is 45.7 Å². The number of nitrogens with one attached hydrogen (secondary N) is 1. The Morgan fingerprint density at radius 1 is 1.29 bits per heavy atom. The van der Waals surface area contributed by atoms with Crippen molar-refractivity contribution < 1.29 is 14.7 Å². The second-order valence-corrected chi connectivity index (χ2v) is 5.79. The summed E-state index contributed by atoms with van der Waals surface area (Å²) in [5.41, 5.74) is 2.21. The number of aliphatic carboxylic acids is 1. The number of carboxylic acids is 1. The Morgan fingerprint density at radius 3 is 2.62 bits per heavy atom. The van der Waals surface area contributed by atoms with Gasteiger partial charge in [0.1, 0.15) is 6.04 Å². The second kappa shape index (κ2) is 8.29. The summed E-state index contributed by atoms with van der Waals surface area (Å²) in [4.78, 5) is 23.6. The zero-order chi connectivity index (χ0) is 17.5. The minimum Gasteiger partial charge on any atom is -0.480 e. The molecule has 0 radical (unpaired) electrons. The Balaban J connectivity index is 2.08. The number of hydrogen-bond donors (Lipinski definition) is 2. The third kappa shape index (κ3) is 4.44. The maximum Gasteiger partial charge on any atom is 0.326 e. The summed E-state index contributed by atoms with van der Waals surface area (Å²) < 4.78 is 1.74. The molecule has 0 aliphatic rings. The molecule has 1 aromatic carbocycles. The van der Waals surface area contributed by atoms with Crippen LogP contribution in [0.3, 0.4) is 0 Å². The van der Waals surface area contributed by atoms with Gasteiger partial charge in [0, 0.05) is 5.69 Å². The van der Waals surface area contributed by atoms with E-state index in [1.54, 1.807) is 4.68 Å². The number of hydrogen-bond acceptors (Lipinski definition) is 3. The summed E-state index contributed by atoms with van der Waals surface area (Å²) in [6, 6.07) is 8.97. The number of nitrogens with zero attached hydrogens (tertiary/aromatic N) is 2. The first-order chi connectivity index (χ1) is 11.5. The Morgan fingerprint density at radius 2 is 2.00 bits per heavy atom. The highest BCUT2D eigenvalue weighted by atomic mass is 16.4. The van der Waals surface area contributed by atoms with Crippen molar-refractivity contribution >= 4 is 11.9 Å². The van der Waals surface area contributed by atoms with E-state index in [0.29, 0.717) is 18.5 Å². The van der Waals surface area contributed by atoms with Crippen LogP contribution >= 0.6 is 0 Å². The molecule has 0 aliphatic carbocycles. The van der Waals surface area contributed by atoms with Crippen LogP contribution in [0.1, 0.15) is 47.8 Å². The molecule has 1 atom stereocenters. The van der Waals surface area contributed by atoms with E-state index in [0.717, 1.165) is 24.1 Å². The Hall–Kier alpha value is -2.63. The maximum atomic E-state index is 12.4. The molecule has 0 unspecified atom stereocenters. The van der Waals surface area contributed by atoms with Gasteiger partial charge >= 0.3 is 5.97 Å². The first-order valence-corrected chi connectivity index (χ1v) is 8.13. The van der Waals surface area contributed by atoms with Crippen LogP contribution in [0.4, 0.5) is 0 Å². The zero-order valence-electron chi connectivity index (χ0n) is 14.0. The van der Waals surface area contributed by atoms with Gasteiger partial charge in [-0.15, -0.1) is 0 Å². The summed E-state index contributed by atoms with van der Waals surface area (Å²) in [6.07, 6.45) is 3.55. The van der Waals surface area contributed by atoms with Crippen molar-refractivity contribution in [2.24, 2.45) is 0 Å². The lowest BCUT2D eigenvalue weighted by Crippen LogP contribution is -2.40. The smallest absolute Gasteiger partial charge is 0.326 e. The standard InChI is InChI=1S/C18H23N3O3/c1-3-4-10-16(18(23)24)20-17(22)15-11-19-21(13(15)2)12-14-8-6-5-7-9-14/h5-9,11,16H,3-4,10,12H2,1-2H3,(H,20,22)(H,23,24)/t16-/m0/s1. The lowest BCUT2D eigenvalue weighted by Gasteiger charge is -2.14. The molecule has 24 heavy (non-hydrogen) atoms. The van der Waals surface area contributed by atoms with Crippen LogP contribution in [0.15, 0.2) is 36.5 Å². The van der Waals surface area contributed by atoms with Gasteiger partial charge in [0.15, 0.2) is 0 Å². The average Bonchev–Trinajstić information content (AvgIpc) is 2.93. The molecule has 0 aliphatic heterocycles. The summed E-state index contributed by atoms with van der Waals surface area (Å²) in [5, 5.41) is 16.1. The van der Waals surface area contributed by atoms with Crippen LogP contribution in [-0.2, 0) is 11.3 Å². The minimum atomic E-state index is -1.01. The number of rotatable bonds is 8. The quantitative estimate of drug-likeness (QED) is 0.780. The van der Waals surface area contributed by atoms with E-state index in [4.69, 9.17) is 0 Å². The van der Waals surface area contributed by atoms with E-state index in [1.165, 1.54) is 6.20 Å². The molecule has 0 fully saturated rings. The Kier molecular flexibility index (Phi) is 6.12. The molecule has 6 heteroatoms. The second-order valence-electron chi connectivity index (χ2n) is 5.79. The number of carboxylic acid groups (broad SMARTS) is 1. The van der Waals surface area contributed by atoms with Gasteiger partial charge in [0.2, 0.25) is 0 Å². The summed E-state index contributed by atoms with van der Waals surface area (Å²) in [5.74, 6) is -1.40. The average molecular weight is 329 g/mol. The third-order valence-electron chi connectivity index (χ3n) is 3.97. The van der Waals surface area contributed by atoms with Gasteiger partial charge in [0.05, 0.1) is 18.3 Å². The molecule has 0 spiro atoms. The fourth-order valence-corrected chi connectivity index (χ4v) is 2.49. The zero-order valence-corrected chi connectivity index (χ0v) is 14.0. The number of carbonyl (C=O) groups is 2. The van der Waals surface area contributed by atoms with Gasteiger partial charge < -0.3 is 10.4 Å². The first-order valence-electron chi connectivity index (χ1n) is 8.13. The van der Waals surface area contributed by atoms with E-state index in [-0.39, 0.29) is 0 Å². The monoisotopic (exact) mass is 329 g/mol. The first kappa shape index (κ1) is 17.7. The molecule has 2 N–H and O–H groups in total. The number of unbranched alkanes of at least 4 members (excludes halogenated alkanes) is 1. The van der Waals surface area contributed by atoms with E-state index in [1.807, 2.05) is 44.2 Å². The molecule has 0 bridgehead atoms. The molecule has 0 saturated carbocycles. The van der Waals surface area contributed by atoms with Gasteiger partial charge in [-0.3, -0.25) is 9.48 Å². The van der Waals surface area contributed by atoms with E-state index in [2.05, 4.69) is 10.4 Å². The molecule has 6 nitrogen and oxygen atoms in total. The number of benzene rings is 1. The van der Waals surface area contributed by atoms with E-state index >= 15 is 0 Å². The molecule has 2 rings (SSSR count). The molecule has 0 saturated heterocycles. The predicted molar refractivity (Wildman–Crippen MR) is 90.9 cm³/mol. The highest BCUT2D eigenvalue weighted by molar-refractivity contribution is 5.97. The molecular weight excluding hydrogens is 306 g/mol. The van der Waals surface area contributed by atoms with Crippen molar-refractivity contribution in [3.05, 3.63) is 53.3 Å². The lowest BCUT2D eigenvalue weighted by molar-refractivity contribution is -0.139. The number of carbonyl (C=O) groups excluding carboxylic acids is 1. The molecular formula is C18H23N3O3. The summed E-state index contributed by atoms with van der Waals surface area (Å²) >= 11 is 0. The molecule has 1 aromatic heterocycles. The molecule has 128 valence electrons. The highest BCUT2D eigenvalue weighted by Crippen LogP contribution is 2.11. The fourth-order valence-electron chi connectivity index (χ4n) is 2.49. The van der Waals surface area contributed by atoms with Crippen LogP contribution in [0.5, 0.6) is 0 Å². The molecule has 1 amide bonds. The largest absolute Gasteiger partial charge is 0.480 e. The minimum absolute atomic E-state index is 0.393. The van der Waals surface area contributed by atoms with Gasteiger partial charge in [-0.05, 0) is 18.9 Å². The van der Waals surface area contributed by atoms with Gasteiger partial charge in [0.25, 0.3) is 5.91 Å². The summed E-state index contributed by atoms with van der Waals surface area (Å²) in [6.45, 7) is 4.36. The lowest BCUT2D eigenvalue weighted by atomic mass is 10.1. The predicted octanol–water partition coefficient (Wildman–Crippen LogP) is 2.61. The van der Waals surface area contributed by atoms with Crippen molar-refractivity contribution in [1.29, 1.82) is 0 Å². The van der Waals surface area contributed by atoms with E-state index < -0.39 is 17.9 Å². The van der Waals surface area contributed by atoms with Crippen LogP contribution in [0.2, 0.25) is 0 Å². The van der Waals surface area contributed by atoms with Crippen molar-refractivity contribution in [3.63, 3.8) is 0 Å². The Labute approximate surface area is 141 Å². The molecule has 1 heterocycles. The number of amides is 1. The normalized spacial score (nSPS) is 11.9. The van der Waals surface area contributed by atoms with Crippen LogP contribution < -0.4 is 5.32 Å². The van der Waals surface area contributed by atoms with Crippen LogP contribution in [0, 0.1) is 6.92 Å². The molecule has 2 aromatic rings. The highest BCUT2D eigenvalue weighted by Gasteiger charge is 2.22. The van der Waals surface area contributed by atoms with E-state index in [9.17, 15) is 14.7 Å². The van der Waals surface area contributed by atoms with Gasteiger partial charge in [-0.1, -0.05) is 50.1 Å². The fraction of sp³-hybridized carbons (Fsp3) is 0.389. The maximum absolute atomic E-state index is 12.4. The number of aromatic nitrogens is 2. The van der Waals surface area contributed by atoms with Crippen LogP contribution in [-0.4, -0.2) is 32.8 Å². The van der Waals surface area contributed by atoms with Crippen molar-refractivity contribution in [1.82, 2.24) is 15.1 Å².